The van der Waals surface area contributed by atoms with Crippen molar-refractivity contribution in [3.8, 4) is 5.75 Å². The van der Waals surface area contributed by atoms with Crippen molar-refractivity contribution in [2.75, 3.05) is 12.0 Å². The second-order valence-corrected chi connectivity index (χ2v) is 11.7. The average Bonchev–Trinajstić information content (AvgIpc) is 3.48. The van der Waals surface area contributed by atoms with E-state index in [4.69, 9.17) is 48.5 Å². The Labute approximate surface area is 288 Å². The maximum atomic E-state index is 10.6. The molecule has 0 saturated heterocycles. The molecule has 4 atom stereocenters. The molecule has 4 aromatic rings. The number of phenolic OH excluding ortho intramolecular Hbond substituents is 1. The number of aliphatic carboxylic acids is 4. The highest BCUT2D eigenvalue weighted by Crippen LogP contribution is 2.18. The molecule has 1 heterocycles. The van der Waals surface area contributed by atoms with Crippen LogP contribution < -0.4 is 22.9 Å². The van der Waals surface area contributed by atoms with Gasteiger partial charge in [-0.05, 0) is 66.2 Å². The Kier molecular flexibility index (Phi) is 19.4. The molecule has 0 saturated carbocycles. The fourth-order valence-electron chi connectivity index (χ4n) is 3.92. The van der Waals surface area contributed by atoms with Gasteiger partial charge in [-0.25, -0.2) is 0 Å². The number of hydrogen-bond donors (Lipinski definition) is 10. The molecule has 4 rings (SSSR count). The highest BCUT2D eigenvalue weighted by atomic mass is 32.2. The lowest BCUT2D eigenvalue weighted by Crippen LogP contribution is -2.32. The first-order valence-corrected chi connectivity index (χ1v) is 16.3. The molecule has 0 radical (unpaired) electrons. The lowest BCUT2D eigenvalue weighted by atomic mass is 10.1. The predicted molar refractivity (Wildman–Crippen MR) is 189 cm³/mol. The van der Waals surface area contributed by atoms with Gasteiger partial charge in [0.25, 0.3) is 0 Å². The Morgan fingerprint density at radius 3 is 1.57 bits per heavy atom. The highest BCUT2D eigenvalue weighted by molar-refractivity contribution is 7.98. The SMILES string of the molecule is CSCCC(N)C(=O)O.NC(Cc1c[nH]c2ccccc12)C(=O)O.NC(Cc1ccc(O)cc1)C(=O)O.NC(Cc1ccccc1)C(=O)O. The van der Waals surface area contributed by atoms with E-state index in [9.17, 15) is 19.2 Å². The van der Waals surface area contributed by atoms with Crippen LogP contribution in [0.1, 0.15) is 23.1 Å². The van der Waals surface area contributed by atoms with Crippen LogP contribution in [0.3, 0.4) is 0 Å². The molecule has 1 aromatic heterocycles. The molecule has 0 bridgehead atoms. The largest absolute Gasteiger partial charge is 0.508 e. The standard InChI is InChI=1S/C11H12N2O2.C9H11NO3.C9H11NO2.C5H11NO2S/c12-9(11(14)15)5-7-6-13-10-4-2-1-3-8(7)10;10-8(9(12)13)5-6-1-3-7(11)4-2-6;10-8(9(11)12)6-7-4-2-1-3-5-7;1-9-3-2-4(6)5(7)8/h1-4,6,9,13H,5,12H2,(H,14,15);1-4,8,11H,5,10H2,(H,12,13);1-5,8H,6,10H2,(H,11,12);4H,2-3,6H2,1H3,(H,7,8). The van der Waals surface area contributed by atoms with Crippen LogP contribution in [-0.4, -0.2) is 90.6 Å². The molecular formula is C34H45N5O9S. The van der Waals surface area contributed by atoms with Gasteiger partial charge in [-0.1, -0.05) is 60.7 Å². The molecule has 0 amide bonds. The third-order valence-corrected chi connectivity index (χ3v) is 7.35. The number of para-hydroxylation sites is 1. The molecule has 0 spiro atoms. The summed E-state index contributed by atoms with van der Waals surface area (Å²) in [6.45, 7) is 0. The number of nitrogens with two attached hydrogens (primary N) is 4. The second-order valence-electron chi connectivity index (χ2n) is 10.7. The van der Waals surface area contributed by atoms with E-state index in [0.717, 1.165) is 33.3 Å². The van der Waals surface area contributed by atoms with Crippen LogP contribution in [0.5, 0.6) is 5.75 Å². The van der Waals surface area contributed by atoms with Crippen LogP contribution in [-0.2, 0) is 38.4 Å². The number of aromatic amines is 1. The number of carbonyl (C=O) groups is 4. The average molecular weight is 700 g/mol. The van der Waals surface area contributed by atoms with Crippen molar-refractivity contribution >= 4 is 46.5 Å². The van der Waals surface area contributed by atoms with Gasteiger partial charge in [-0.2, -0.15) is 11.8 Å². The molecule has 14 N–H and O–H groups in total. The van der Waals surface area contributed by atoms with Crippen LogP contribution in [0.15, 0.2) is 85.1 Å². The summed E-state index contributed by atoms with van der Waals surface area (Å²) in [6.07, 6.45) is 5.30. The van der Waals surface area contributed by atoms with E-state index in [1.807, 2.05) is 67.0 Å². The number of H-pyrrole nitrogens is 1. The fourth-order valence-corrected chi connectivity index (χ4v) is 4.41. The maximum absolute atomic E-state index is 10.6. The highest BCUT2D eigenvalue weighted by Gasteiger charge is 2.15. The Balaban J connectivity index is 0.000000332. The van der Waals surface area contributed by atoms with E-state index in [1.165, 1.54) is 12.1 Å². The first kappa shape index (κ1) is 42.1. The van der Waals surface area contributed by atoms with Crippen molar-refractivity contribution in [1.82, 2.24) is 4.98 Å². The molecule has 14 nitrogen and oxygen atoms in total. The topological polar surface area (TPSA) is 289 Å². The maximum Gasteiger partial charge on any atom is 0.320 e. The number of aromatic nitrogens is 1. The number of phenols is 1. The minimum absolute atomic E-state index is 0.160. The Bertz CT molecular complexity index is 1590. The Hall–Kier alpha value is -4.93. The summed E-state index contributed by atoms with van der Waals surface area (Å²) in [5, 5.41) is 44.0. The Morgan fingerprint density at radius 2 is 1.08 bits per heavy atom. The summed E-state index contributed by atoms with van der Waals surface area (Å²) in [7, 11) is 0. The number of hydrogen-bond acceptors (Lipinski definition) is 10. The van der Waals surface area contributed by atoms with Crippen molar-refractivity contribution in [2.45, 2.75) is 49.9 Å². The van der Waals surface area contributed by atoms with Crippen LogP contribution in [0.4, 0.5) is 0 Å². The van der Waals surface area contributed by atoms with Crippen molar-refractivity contribution in [3.05, 3.63) is 102 Å². The van der Waals surface area contributed by atoms with Crippen LogP contribution >= 0.6 is 11.8 Å². The van der Waals surface area contributed by atoms with Gasteiger partial charge in [-0.3, -0.25) is 19.2 Å². The second kappa shape index (κ2) is 22.6. The molecule has 266 valence electrons. The van der Waals surface area contributed by atoms with Gasteiger partial charge in [0.1, 0.15) is 29.9 Å². The van der Waals surface area contributed by atoms with Gasteiger partial charge in [0.15, 0.2) is 0 Å². The number of thioether (sulfide) groups is 1. The monoisotopic (exact) mass is 699 g/mol. The number of nitrogens with one attached hydrogen (secondary N) is 1. The van der Waals surface area contributed by atoms with Crippen molar-refractivity contribution < 1.29 is 44.7 Å². The van der Waals surface area contributed by atoms with Crippen molar-refractivity contribution in [3.63, 3.8) is 0 Å². The van der Waals surface area contributed by atoms with E-state index in [-0.39, 0.29) is 12.2 Å². The number of rotatable bonds is 13. The third kappa shape index (κ3) is 17.2. The van der Waals surface area contributed by atoms with E-state index >= 15 is 0 Å². The molecule has 0 aliphatic carbocycles. The van der Waals surface area contributed by atoms with Crippen LogP contribution in [0.25, 0.3) is 10.9 Å². The molecule has 0 aliphatic heterocycles. The van der Waals surface area contributed by atoms with Crippen LogP contribution in [0, 0.1) is 0 Å². The van der Waals surface area contributed by atoms with Crippen LogP contribution in [0.2, 0.25) is 0 Å². The zero-order valence-electron chi connectivity index (χ0n) is 27.0. The summed E-state index contributed by atoms with van der Waals surface area (Å²) in [6, 6.07) is 20.2. The van der Waals surface area contributed by atoms with E-state index in [2.05, 4.69) is 4.98 Å². The number of benzene rings is 3. The minimum atomic E-state index is -1.02. The smallest absolute Gasteiger partial charge is 0.320 e. The molecule has 3 aromatic carbocycles. The number of carboxylic acids is 4. The van der Waals surface area contributed by atoms with Gasteiger partial charge in [-0.15, -0.1) is 0 Å². The van der Waals surface area contributed by atoms with E-state index in [1.54, 1.807) is 23.9 Å². The first-order valence-electron chi connectivity index (χ1n) is 14.9. The quantitative estimate of drug-likeness (QED) is 0.0958. The normalized spacial score (nSPS) is 12.7. The van der Waals surface area contributed by atoms with E-state index in [0.29, 0.717) is 19.3 Å². The van der Waals surface area contributed by atoms with Gasteiger partial charge in [0.2, 0.25) is 0 Å². The zero-order valence-corrected chi connectivity index (χ0v) is 27.8. The van der Waals surface area contributed by atoms with Gasteiger partial charge in [0.05, 0.1) is 0 Å². The van der Waals surface area contributed by atoms with Crippen molar-refractivity contribution in [2.24, 2.45) is 22.9 Å². The number of fused-ring (bicyclic) bond motifs is 1. The number of carboxylic acid groups (broad SMARTS) is 4. The molecule has 0 aliphatic rings. The van der Waals surface area contributed by atoms with Gasteiger partial charge < -0.3 is 53.5 Å². The minimum Gasteiger partial charge on any atom is -0.508 e. The summed E-state index contributed by atoms with van der Waals surface area (Å²) >= 11 is 1.60. The lowest BCUT2D eigenvalue weighted by molar-refractivity contribution is -0.139. The summed E-state index contributed by atoms with van der Waals surface area (Å²) in [4.78, 5) is 44.6. The molecule has 4 unspecified atom stereocenters. The summed E-state index contributed by atoms with van der Waals surface area (Å²) in [5.41, 5.74) is 25.0. The fraction of sp³-hybridized carbons (Fsp3) is 0.294. The van der Waals surface area contributed by atoms with Gasteiger partial charge in [0, 0.05) is 23.5 Å². The molecular weight excluding hydrogens is 654 g/mol. The van der Waals surface area contributed by atoms with Gasteiger partial charge >= 0.3 is 23.9 Å². The van der Waals surface area contributed by atoms with E-state index < -0.39 is 48.0 Å². The zero-order chi connectivity index (χ0) is 36.9. The van der Waals surface area contributed by atoms with Crippen molar-refractivity contribution in [1.29, 1.82) is 0 Å². The lowest BCUT2D eigenvalue weighted by Gasteiger charge is -2.05. The molecule has 15 heteroatoms. The molecule has 0 fully saturated rings. The molecule has 49 heavy (non-hydrogen) atoms. The first-order chi connectivity index (χ1) is 23.2. The summed E-state index contributed by atoms with van der Waals surface area (Å²) in [5.74, 6) is -2.89. The summed E-state index contributed by atoms with van der Waals surface area (Å²) < 4.78 is 0. The number of aromatic hydroxyl groups is 1. The predicted octanol–water partition coefficient (Wildman–Crippen LogP) is 2.26. The third-order valence-electron chi connectivity index (χ3n) is 6.71. The Morgan fingerprint density at radius 1 is 0.633 bits per heavy atom.